The molecule has 9 nitrogen and oxygen atoms in total. The minimum absolute atomic E-state index is 0.0666. The van der Waals surface area contributed by atoms with Crippen LogP contribution in [-0.4, -0.2) is 50.9 Å². The normalized spacial score (nSPS) is 14.3. The topological polar surface area (TPSA) is 137 Å². The second-order valence-electron chi connectivity index (χ2n) is 7.82. The lowest BCUT2D eigenvalue weighted by molar-refractivity contribution is -0.0338. The van der Waals surface area contributed by atoms with E-state index < -0.39 is 10.1 Å². The molecule has 2 heterocycles. The molecule has 184 valence electrons. The molecule has 0 atom stereocenters. The van der Waals surface area contributed by atoms with E-state index in [-0.39, 0.29) is 18.0 Å². The summed E-state index contributed by atoms with van der Waals surface area (Å²) in [5, 5.41) is 3.17. The molecule has 2 aromatic carbocycles. The molecular weight excluding hydrogens is 465 g/mol. The molecule has 4 rings (SSSR count). The van der Waals surface area contributed by atoms with Gasteiger partial charge in [0.05, 0.1) is 24.4 Å². The van der Waals surface area contributed by atoms with Crippen molar-refractivity contribution in [2.75, 3.05) is 38.2 Å². The maximum Gasteiger partial charge on any atom is 0.295 e. The van der Waals surface area contributed by atoms with Crippen molar-refractivity contribution in [3.63, 3.8) is 0 Å². The van der Waals surface area contributed by atoms with Gasteiger partial charge in [0.1, 0.15) is 17.9 Å². The predicted molar refractivity (Wildman–Crippen MR) is 126 cm³/mol. The summed E-state index contributed by atoms with van der Waals surface area (Å²) in [6.45, 7) is 4.56. The molecule has 0 unspecified atom stereocenters. The number of ether oxygens (including phenoxy) is 2. The van der Waals surface area contributed by atoms with Gasteiger partial charge in [-0.3, -0.25) is 4.55 Å². The van der Waals surface area contributed by atoms with Gasteiger partial charge in [0.15, 0.2) is 5.58 Å². The van der Waals surface area contributed by atoms with Crippen LogP contribution in [0.5, 0.6) is 5.75 Å². The van der Waals surface area contributed by atoms with Gasteiger partial charge < -0.3 is 24.9 Å². The third-order valence-electron chi connectivity index (χ3n) is 5.06. The van der Waals surface area contributed by atoms with Crippen LogP contribution in [0.1, 0.15) is 12.0 Å². The highest BCUT2D eigenvalue weighted by Crippen LogP contribution is 2.24. The summed E-state index contributed by atoms with van der Waals surface area (Å²) in [5.74, 6) is 1.21. The van der Waals surface area contributed by atoms with E-state index in [0.717, 1.165) is 37.3 Å². The van der Waals surface area contributed by atoms with Crippen LogP contribution in [0, 0.1) is 12.8 Å². The number of nitrogens with zero attached hydrogens (tertiary/aromatic N) is 1. The van der Waals surface area contributed by atoms with Gasteiger partial charge in [0, 0.05) is 30.6 Å². The molecule has 1 aliphatic rings. The van der Waals surface area contributed by atoms with Gasteiger partial charge in [0.2, 0.25) is 0 Å². The van der Waals surface area contributed by atoms with Gasteiger partial charge in [0.25, 0.3) is 16.1 Å². The lowest BCUT2D eigenvalue weighted by atomic mass is 10.0. The standard InChI is InChI=1S/C16H20FN3O3.C7H8O3S/c17-6-12(7-18)10-22-13-1-2-14-15(5-13)23-16(20-14)19-4-3-11-8-21-9-11;1-6-2-4-7(5-3-6)11(8,9)10/h1-2,5-6,11H,3-4,7-10,18H2,(H,19,20);2-5H,1H3,(H,8,9,10)/b12-6-;. The van der Waals surface area contributed by atoms with E-state index in [4.69, 9.17) is 24.2 Å². The zero-order chi connectivity index (χ0) is 24.6. The Bertz CT molecular complexity index is 1210. The Morgan fingerprint density at radius 1 is 1.29 bits per heavy atom. The summed E-state index contributed by atoms with van der Waals surface area (Å²) in [4.78, 5) is 4.30. The number of hydrogen-bond donors (Lipinski definition) is 3. The van der Waals surface area contributed by atoms with Gasteiger partial charge in [-0.05, 0) is 37.6 Å². The number of fused-ring (bicyclic) bond motifs is 1. The monoisotopic (exact) mass is 493 g/mol. The molecule has 1 saturated heterocycles. The zero-order valence-electron chi connectivity index (χ0n) is 18.7. The number of anilines is 1. The van der Waals surface area contributed by atoms with Crippen molar-refractivity contribution >= 4 is 27.2 Å². The van der Waals surface area contributed by atoms with Crippen LogP contribution in [0.2, 0.25) is 0 Å². The molecule has 0 bridgehead atoms. The van der Waals surface area contributed by atoms with Crippen molar-refractivity contribution in [2.24, 2.45) is 11.7 Å². The van der Waals surface area contributed by atoms with Gasteiger partial charge in [-0.15, -0.1) is 0 Å². The van der Waals surface area contributed by atoms with Crippen LogP contribution >= 0.6 is 0 Å². The first-order valence-electron chi connectivity index (χ1n) is 10.7. The quantitative estimate of drug-likeness (QED) is 0.381. The number of hydrogen-bond acceptors (Lipinski definition) is 8. The number of halogens is 1. The first-order valence-corrected chi connectivity index (χ1v) is 12.1. The number of nitrogens with two attached hydrogens (primary N) is 1. The summed E-state index contributed by atoms with van der Waals surface area (Å²) in [7, 11) is -4.02. The number of benzene rings is 2. The molecule has 11 heteroatoms. The summed E-state index contributed by atoms with van der Waals surface area (Å²) in [6, 6.07) is 11.8. The second-order valence-corrected chi connectivity index (χ2v) is 9.24. The highest BCUT2D eigenvalue weighted by Gasteiger charge is 2.17. The van der Waals surface area contributed by atoms with Gasteiger partial charge in [-0.25, -0.2) is 4.39 Å². The van der Waals surface area contributed by atoms with E-state index in [1.165, 1.54) is 12.1 Å². The van der Waals surface area contributed by atoms with E-state index in [0.29, 0.717) is 35.2 Å². The Labute approximate surface area is 197 Å². The molecule has 1 aliphatic heterocycles. The molecular formula is C23H28FN3O6S. The first-order chi connectivity index (χ1) is 16.3. The molecule has 1 aromatic heterocycles. The highest BCUT2D eigenvalue weighted by molar-refractivity contribution is 7.85. The molecule has 3 aromatic rings. The lowest BCUT2D eigenvalue weighted by Crippen LogP contribution is -2.29. The summed E-state index contributed by atoms with van der Waals surface area (Å²) in [5.41, 5.74) is 8.10. The van der Waals surface area contributed by atoms with Crippen LogP contribution in [0.15, 0.2) is 63.7 Å². The fraction of sp³-hybridized carbons (Fsp3) is 0.348. The SMILES string of the molecule is Cc1ccc(S(=O)(=O)O)cc1.NC/C(=C/F)COc1ccc2nc(NCCC3COC3)oc2c1. The van der Waals surface area contributed by atoms with Gasteiger partial charge >= 0.3 is 0 Å². The van der Waals surface area contributed by atoms with Crippen molar-refractivity contribution in [1.82, 2.24) is 4.98 Å². The molecule has 0 saturated carbocycles. The third kappa shape index (κ3) is 7.52. The summed E-state index contributed by atoms with van der Waals surface area (Å²) < 4.78 is 58.3. The van der Waals surface area contributed by atoms with Crippen LogP contribution in [0.25, 0.3) is 11.1 Å². The smallest absolute Gasteiger partial charge is 0.295 e. The number of aryl methyl sites for hydroxylation is 1. The van der Waals surface area contributed by atoms with E-state index in [1.807, 2.05) is 6.92 Å². The number of nitrogens with one attached hydrogen (secondary N) is 1. The Morgan fingerprint density at radius 2 is 2.03 bits per heavy atom. The number of aromatic nitrogens is 1. The van der Waals surface area contributed by atoms with Gasteiger partial charge in [-0.1, -0.05) is 17.7 Å². The Morgan fingerprint density at radius 3 is 2.62 bits per heavy atom. The van der Waals surface area contributed by atoms with Crippen LogP contribution < -0.4 is 15.8 Å². The minimum Gasteiger partial charge on any atom is -0.489 e. The maximum atomic E-state index is 12.5. The largest absolute Gasteiger partial charge is 0.489 e. The van der Waals surface area contributed by atoms with E-state index in [9.17, 15) is 12.8 Å². The average Bonchev–Trinajstić information content (AvgIpc) is 3.18. The lowest BCUT2D eigenvalue weighted by Gasteiger charge is -2.25. The van der Waals surface area contributed by atoms with E-state index in [2.05, 4.69) is 10.3 Å². The van der Waals surface area contributed by atoms with Crippen molar-refractivity contribution in [3.05, 3.63) is 59.9 Å². The second kappa shape index (κ2) is 11.9. The molecule has 1 fully saturated rings. The highest BCUT2D eigenvalue weighted by atomic mass is 32.2. The molecule has 0 radical (unpaired) electrons. The maximum absolute atomic E-state index is 12.5. The Kier molecular flexibility index (Phi) is 8.99. The zero-order valence-corrected chi connectivity index (χ0v) is 19.6. The molecule has 0 aliphatic carbocycles. The number of oxazole rings is 1. The van der Waals surface area contributed by atoms with E-state index >= 15 is 0 Å². The summed E-state index contributed by atoms with van der Waals surface area (Å²) >= 11 is 0. The van der Waals surface area contributed by atoms with E-state index in [1.54, 1.807) is 30.3 Å². The minimum atomic E-state index is -4.02. The average molecular weight is 494 g/mol. The Balaban J connectivity index is 0.000000248. The molecule has 34 heavy (non-hydrogen) atoms. The molecule has 4 N–H and O–H groups in total. The third-order valence-corrected chi connectivity index (χ3v) is 5.92. The van der Waals surface area contributed by atoms with Crippen LogP contribution in [0.4, 0.5) is 10.4 Å². The Hall–Kier alpha value is -2.99. The fourth-order valence-electron chi connectivity index (χ4n) is 2.93. The molecule has 0 spiro atoms. The van der Waals surface area contributed by atoms with Crippen molar-refractivity contribution in [1.29, 1.82) is 0 Å². The predicted octanol–water partition coefficient (Wildman–Crippen LogP) is 3.71. The van der Waals surface area contributed by atoms with Crippen LogP contribution in [0.3, 0.4) is 0 Å². The van der Waals surface area contributed by atoms with Gasteiger partial charge in [-0.2, -0.15) is 13.4 Å². The first kappa shape index (κ1) is 25.6. The van der Waals surface area contributed by atoms with Crippen molar-refractivity contribution in [3.8, 4) is 5.75 Å². The van der Waals surface area contributed by atoms with Crippen molar-refractivity contribution in [2.45, 2.75) is 18.2 Å². The fourth-order valence-corrected chi connectivity index (χ4v) is 3.41. The number of rotatable bonds is 9. The van der Waals surface area contributed by atoms with Crippen molar-refractivity contribution < 1.29 is 31.3 Å². The molecule has 0 amide bonds. The summed E-state index contributed by atoms with van der Waals surface area (Å²) in [6.07, 6.45) is 1.51. The van der Waals surface area contributed by atoms with Crippen LogP contribution in [-0.2, 0) is 14.9 Å².